The number of hydrogen-bond acceptors (Lipinski definition) is 2. The van der Waals surface area contributed by atoms with Gasteiger partial charge >= 0.3 is 6.18 Å². The fourth-order valence-corrected chi connectivity index (χ4v) is 1.27. The summed E-state index contributed by atoms with van der Waals surface area (Å²) in [4.78, 5) is 21.9. The molecule has 0 atom stereocenters. The van der Waals surface area contributed by atoms with Gasteiger partial charge in [-0.15, -0.1) is 0 Å². The zero-order chi connectivity index (χ0) is 12.3. The Morgan fingerprint density at radius 3 is 2.50 bits per heavy atom. The van der Waals surface area contributed by atoms with Crippen LogP contribution in [0.4, 0.5) is 13.2 Å². The number of pyridine rings is 1. The fourth-order valence-electron chi connectivity index (χ4n) is 1.27. The van der Waals surface area contributed by atoms with Crippen LogP contribution < -0.4 is 5.56 Å². The van der Waals surface area contributed by atoms with Gasteiger partial charge in [0.15, 0.2) is 0 Å². The zero-order valence-electron chi connectivity index (χ0n) is 8.54. The molecule has 1 rings (SSSR count). The molecule has 0 saturated heterocycles. The topological polar surface area (TPSA) is 39.1 Å². The van der Waals surface area contributed by atoms with E-state index in [1.54, 1.807) is 0 Å². The molecule has 6 heteroatoms. The second-order valence-electron chi connectivity index (χ2n) is 3.35. The van der Waals surface area contributed by atoms with Gasteiger partial charge in [-0.1, -0.05) is 6.07 Å². The first-order valence-electron chi connectivity index (χ1n) is 4.59. The van der Waals surface area contributed by atoms with Gasteiger partial charge in [0, 0.05) is 19.0 Å². The second-order valence-corrected chi connectivity index (χ2v) is 3.35. The highest BCUT2D eigenvalue weighted by atomic mass is 19.4. The zero-order valence-corrected chi connectivity index (χ0v) is 8.54. The Morgan fingerprint density at radius 1 is 1.38 bits per heavy atom. The minimum Gasteiger partial charge on any atom is -0.304 e. The molecule has 0 amide bonds. The largest absolute Gasteiger partial charge is 0.431 e. The molecule has 0 aliphatic rings. The van der Waals surface area contributed by atoms with Crippen LogP contribution in [0.2, 0.25) is 0 Å². The number of alkyl halides is 3. The molecule has 16 heavy (non-hydrogen) atoms. The first-order valence-corrected chi connectivity index (χ1v) is 4.59. The van der Waals surface area contributed by atoms with Crippen LogP contribution in [0.5, 0.6) is 0 Å². The average molecular weight is 233 g/mol. The third-order valence-corrected chi connectivity index (χ3v) is 2.03. The van der Waals surface area contributed by atoms with Crippen molar-refractivity contribution < 1.29 is 18.0 Å². The maximum atomic E-state index is 12.5. The standard InChI is InChI=1S/C10H10F3NO2/c1-7(15)5-6-14-8(10(11,12)13)3-2-4-9(14)16/h2-4H,5-6H2,1H3. The number of aromatic nitrogens is 1. The Labute approximate surface area is 89.5 Å². The highest BCUT2D eigenvalue weighted by molar-refractivity contribution is 5.75. The van der Waals surface area contributed by atoms with Crippen LogP contribution in [0.1, 0.15) is 19.0 Å². The normalized spacial score (nSPS) is 11.5. The molecule has 1 aromatic heterocycles. The van der Waals surface area contributed by atoms with Crippen molar-refractivity contribution in [3.63, 3.8) is 0 Å². The van der Waals surface area contributed by atoms with E-state index >= 15 is 0 Å². The van der Waals surface area contributed by atoms with E-state index in [0.717, 1.165) is 18.2 Å². The smallest absolute Gasteiger partial charge is 0.304 e. The van der Waals surface area contributed by atoms with Gasteiger partial charge in [0.1, 0.15) is 11.5 Å². The Morgan fingerprint density at radius 2 is 2.00 bits per heavy atom. The highest BCUT2D eigenvalue weighted by Gasteiger charge is 2.33. The van der Waals surface area contributed by atoms with E-state index < -0.39 is 17.4 Å². The number of nitrogens with zero attached hydrogens (tertiary/aromatic N) is 1. The molecule has 0 unspecified atom stereocenters. The molecule has 88 valence electrons. The summed E-state index contributed by atoms with van der Waals surface area (Å²) in [7, 11) is 0. The van der Waals surface area contributed by atoms with Gasteiger partial charge in [-0.25, -0.2) is 0 Å². The van der Waals surface area contributed by atoms with Crippen LogP contribution >= 0.6 is 0 Å². The molecule has 0 radical (unpaired) electrons. The fraction of sp³-hybridized carbons (Fsp3) is 0.400. The third-order valence-electron chi connectivity index (χ3n) is 2.03. The van der Waals surface area contributed by atoms with Crippen LogP contribution in [-0.2, 0) is 17.5 Å². The van der Waals surface area contributed by atoms with Crippen LogP contribution in [0, 0.1) is 0 Å². The van der Waals surface area contributed by atoms with Crippen molar-refractivity contribution in [2.45, 2.75) is 26.1 Å². The van der Waals surface area contributed by atoms with Gasteiger partial charge in [0.25, 0.3) is 5.56 Å². The summed E-state index contributed by atoms with van der Waals surface area (Å²) >= 11 is 0. The van der Waals surface area contributed by atoms with E-state index in [4.69, 9.17) is 0 Å². The number of halogens is 3. The molecular weight excluding hydrogens is 223 g/mol. The van der Waals surface area contributed by atoms with Crippen molar-refractivity contribution in [3.05, 3.63) is 34.2 Å². The van der Waals surface area contributed by atoms with Crippen molar-refractivity contribution in [1.29, 1.82) is 0 Å². The van der Waals surface area contributed by atoms with E-state index in [-0.39, 0.29) is 18.7 Å². The van der Waals surface area contributed by atoms with E-state index in [0.29, 0.717) is 4.57 Å². The molecular formula is C10H10F3NO2. The van der Waals surface area contributed by atoms with Crippen molar-refractivity contribution in [2.24, 2.45) is 0 Å². The Bertz CT molecular complexity index is 448. The number of Topliss-reactive ketones (excluding diaryl/α,β-unsaturated/α-hetero) is 1. The van der Waals surface area contributed by atoms with Gasteiger partial charge < -0.3 is 4.57 Å². The molecule has 0 aliphatic carbocycles. The Hall–Kier alpha value is -1.59. The average Bonchev–Trinajstić information content (AvgIpc) is 2.13. The maximum absolute atomic E-state index is 12.5. The number of carbonyl (C=O) groups excluding carboxylic acids is 1. The molecule has 0 bridgehead atoms. The molecule has 0 saturated carbocycles. The number of rotatable bonds is 3. The number of hydrogen-bond donors (Lipinski definition) is 0. The van der Waals surface area contributed by atoms with Crippen molar-refractivity contribution in [3.8, 4) is 0 Å². The SMILES string of the molecule is CC(=O)CCn1c(C(F)(F)F)cccc1=O. The summed E-state index contributed by atoms with van der Waals surface area (Å²) in [6, 6.07) is 2.91. The monoisotopic (exact) mass is 233 g/mol. The summed E-state index contributed by atoms with van der Waals surface area (Å²) in [5.74, 6) is -0.260. The minimum absolute atomic E-state index is 0.0903. The van der Waals surface area contributed by atoms with E-state index in [2.05, 4.69) is 0 Å². The summed E-state index contributed by atoms with van der Waals surface area (Å²) < 4.78 is 38.1. The molecule has 1 aromatic rings. The van der Waals surface area contributed by atoms with E-state index in [1.807, 2.05) is 0 Å². The number of ketones is 1. The lowest BCUT2D eigenvalue weighted by atomic mass is 10.2. The Kier molecular flexibility index (Phi) is 3.51. The van der Waals surface area contributed by atoms with Gasteiger partial charge in [-0.2, -0.15) is 13.2 Å². The first-order chi connectivity index (χ1) is 7.32. The number of carbonyl (C=O) groups is 1. The molecule has 0 aliphatic heterocycles. The van der Waals surface area contributed by atoms with E-state index in [9.17, 15) is 22.8 Å². The van der Waals surface area contributed by atoms with Crippen LogP contribution in [0.25, 0.3) is 0 Å². The quantitative estimate of drug-likeness (QED) is 0.799. The lowest BCUT2D eigenvalue weighted by Crippen LogP contribution is -2.27. The molecule has 3 nitrogen and oxygen atoms in total. The Balaban J connectivity index is 3.14. The van der Waals surface area contributed by atoms with Crippen LogP contribution in [0.15, 0.2) is 23.0 Å². The van der Waals surface area contributed by atoms with Gasteiger partial charge in [0.05, 0.1) is 0 Å². The first kappa shape index (κ1) is 12.5. The maximum Gasteiger partial charge on any atom is 0.431 e. The summed E-state index contributed by atoms with van der Waals surface area (Å²) in [5, 5.41) is 0. The molecule has 0 aromatic carbocycles. The minimum atomic E-state index is -4.59. The highest BCUT2D eigenvalue weighted by Crippen LogP contribution is 2.28. The molecule has 0 spiro atoms. The van der Waals surface area contributed by atoms with E-state index in [1.165, 1.54) is 6.92 Å². The summed E-state index contributed by atoms with van der Waals surface area (Å²) in [6.45, 7) is 1.02. The molecule has 0 fully saturated rings. The van der Waals surface area contributed by atoms with Crippen molar-refractivity contribution >= 4 is 5.78 Å². The predicted octanol–water partition coefficient (Wildman–Crippen LogP) is 1.85. The second kappa shape index (κ2) is 4.51. The lowest BCUT2D eigenvalue weighted by Gasteiger charge is -2.13. The third kappa shape index (κ3) is 2.95. The lowest BCUT2D eigenvalue weighted by molar-refractivity contribution is -0.144. The molecule has 0 N–H and O–H groups in total. The van der Waals surface area contributed by atoms with Gasteiger partial charge in [0.2, 0.25) is 0 Å². The van der Waals surface area contributed by atoms with Crippen LogP contribution in [-0.4, -0.2) is 10.4 Å². The van der Waals surface area contributed by atoms with Crippen LogP contribution in [0.3, 0.4) is 0 Å². The predicted molar refractivity (Wildman–Crippen MR) is 51.0 cm³/mol. The summed E-state index contributed by atoms with van der Waals surface area (Å²) in [6.07, 6.45) is -4.68. The van der Waals surface area contributed by atoms with Crippen molar-refractivity contribution in [2.75, 3.05) is 0 Å². The summed E-state index contributed by atoms with van der Waals surface area (Å²) in [5.41, 5.74) is -1.78. The molecule has 1 heterocycles. The van der Waals surface area contributed by atoms with Gasteiger partial charge in [-0.3, -0.25) is 9.59 Å². The van der Waals surface area contributed by atoms with Crippen molar-refractivity contribution in [1.82, 2.24) is 4.57 Å². The van der Waals surface area contributed by atoms with Gasteiger partial charge in [-0.05, 0) is 13.0 Å².